The van der Waals surface area contributed by atoms with Crippen molar-refractivity contribution in [3.63, 3.8) is 0 Å². The van der Waals surface area contributed by atoms with Gasteiger partial charge in [-0.2, -0.15) is 0 Å². The number of hydrogen-bond donors (Lipinski definition) is 2. The molecule has 2 N–H and O–H groups in total. The highest BCUT2D eigenvalue weighted by Gasteiger charge is 2.51. The van der Waals surface area contributed by atoms with Crippen molar-refractivity contribution in [3.05, 3.63) is 59.9 Å². The number of ether oxygens (including phenoxy) is 1. The zero-order valence-corrected chi connectivity index (χ0v) is 12.6. The normalized spacial score (nSPS) is 25.0. The molecule has 0 spiro atoms. The molecular formula is C17H16F3NO3. The molecule has 0 saturated heterocycles. The maximum absolute atomic E-state index is 12.3. The van der Waals surface area contributed by atoms with Gasteiger partial charge in [0.05, 0.1) is 11.8 Å². The lowest BCUT2D eigenvalue weighted by atomic mass is 9.59. The van der Waals surface area contributed by atoms with E-state index in [0.717, 1.165) is 0 Å². The fourth-order valence-electron chi connectivity index (χ4n) is 3.21. The highest BCUT2D eigenvalue weighted by atomic mass is 19.4. The zero-order chi connectivity index (χ0) is 17.4. The van der Waals surface area contributed by atoms with Crippen molar-refractivity contribution in [2.24, 2.45) is 0 Å². The van der Waals surface area contributed by atoms with Gasteiger partial charge >= 0.3 is 6.36 Å². The van der Waals surface area contributed by atoms with Crippen molar-refractivity contribution >= 4 is 0 Å². The quantitative estimate of drug-likeness (QED) is 0.898. The van der Waals surface area contributed by atoms with Gasteiger partial charge in [-0.25, -0.2) is 0 Å². The maximum Gasteiger partial charge on any atom is 0.573 e. The van der Waals surface area contributed by atoms with E-state index in [0.29, 0.717) is 24.1 Å². The molecule has 128 valence electrons. The number of aliphatic hydroxyl groups is 2. The summed E-state index contributed by atoms with van der Waals surface area (Å²) in [5.74, 6) is -0.325. The molecule has 2 aromatic rings. The maximum atomic E-state index is 12.3. The van der Waals surface area contributed by atoms with Crippen LogP contribution in [0.15, 0.2) is 48.7 Å². The molecule has 1 heterocycles. The van der Waals surface area contributed by atoms with E-state index in [-0.39, 0.29) is 5.75 Å². The average Bonchev–Trinajstić information content (AvgIpc) is 2.51. The van der Waals surface area contributed by atoms with Crippen molar-refractivity contribution in [3.8, 4) is 5.75 Å². The number of rotatable bonds is 4. The Morgan fingerprint density at radius 2 is 1.79 bits per heavy atom. The van der Waals surface area contributed by atoms with Crippen molar-refractivity contribution < 1.29 is 28.1 Å². The fourth-order valence-corrected chi connectivity index (χ4v) is 3.21. The molecule has 0 aliphatic heterocycles. The van der Waals surface area contributed by atoms with Gasteiger partial charge in [-0.15, -0.1) is 13.2 Å². The standard InChI is InChI=1S/C17H16F3NO3/c18-17(19,20)24-13-6-4-11(5-7-13)16(9-12(22)10-16)15(23)14-3-1-2-8-21-14/h1-8,12,15,22-23H,9-10H2. The summed E-state index contributed by atoms with van der Waals surface area (Å²) in [6, 6.07) is 10.5. The van der Waals surface area contributed by atoms with Gasteiger partial charge in [0.1, 0.15) is 11.9 Å². The Kier molecular flexibility index (Phi) is 4.23. The van der Waals surface area contributed by atoms with Crippen LogP contribution in [-0.4, -0.2) is 27.7 Å². The minimum absolute atomic E-state index is 0.310. The molecule has 1 saturated carbocycles. The summed E-state index contributed by atoms with van der Waals surface area (Å²) in [6.07, 6.45) is -4.10. The van der Waals surface area contributed by atoms with Crippen LogP contribution in [-0.2, 0) is 5.41 Å². The van der Waals surface area contributed by atoms with Crippen LogP contribution in [0.2, 0.25) is 0 Å². The lowest BCUT2D eigenvalue weighted by molar-refractivity contribution is -0.274. The predicted molar refractivity (Wildman–Crippen MR) is 79.2 cm³/mol. The number of alkyl halides is 3. The third-order valence-corrected chi connectivity index (χ3v) is 4.35. The second kappa shape index (κ2) is 6.07. The zero-order valence-electron chi connectivity index (χ0n) is 12.6. The summed E-state index contributed by atoms with van der Waals surface area (Å²) in [5.41, 5.74) is 0.324. The van der Waals surface area contributed by atoms with Crippen LogP contribution in [0.25, 0.3) is 0 Å². The van der Waals surface area contributed by atoms with Crippen LogP contribution >= 0.6 is 0 Å². The molecule has 1 fully saturated rings. The Labute approximate surface area is 136 Å². The summed E-state index contributed by atoms with van der Waals surface area (Å²) in [7, 11) is 0. The molecule has 1 atom stereocenters. The first-order valence-corrected chi connectivity index (χ1v) is 7.43. The summed E-state index contributed by atoms with van der Waals surface area (Å²) >= 11 is 0. The minimum Gasteiger partial charge on any atom is -0.406 e. The number of hydrogen-bond acceptors (Lipinski definition) is 4. The van der Waals surface area contributed by atoms with Crippen LogP contribution in [0, 0.1) is 0 Å². The van der Waals surface area contributed by atoms with Gasteiger partial charge in [0.2, 0.25) is 0 Å². The number of benzene rings is 1. The second-order valence-electron chi connectivity index (χ2n) is 5.95. The van der Waals surface area contributed by atoms with E-state index in [4.69, 9.17) is 0 Å². The van der Waals surface area contributed by atoms with Crippen molar-refractivity contribution in [1.82, 2.24) is 4.98 Å². The molecule has 1 aliphatic carbocycles. The number of aliphatic hydroxyl groups excluding tert-OH is 2. The third-order valence-electron chi connectivity index (χ3n) is 4.35. The Morgan fingerprint density at radius 3 is 2.29 bits per heavy atom. The number of aromatic nitrogens is 1. The molecule has 0 amide bonds. The molecule has 4 nitrogen and oxygen atoms in total. The highest BCUT2D eigenvalue weighted by Crippen LogP contribution is 2.52. The van der Waals surface area contributed by atoms with Gasteiger partial charge in [0, 0.05) is 11.6 Å². The van der Waals surface area contributed by atoms with Gasteiger partial charge in [0.15, 0.2) is 0 Å². The van der Waals surface area contributed by atoms with E-state index < -0.39 is 24.0 Å². The lowest BCUT2D eigenvalue weighted by Gasteiger charge is -2.48. The average molecular weight is 339 g/mol. The van der Waals surface area contributed by atoms with E-state index in [9.17, 15) is 23.4 Å². The van der Waals surface area contributed by atoms with Gasteiger partial charge in [-0.05, 0) is 42.7 Å². The smallest absolute Gasteiger partial charge is 0.406 e. The molecule has 24 heavy (non-hydrogen) atoms. The molecule has 3 rings (SSSR count). The van der Waals surface area contributed by atoms with Crippen LogP contribution in [0.4, 0.5) is 13.2 Å². The summed E-state index contributed by atoms with van der Waals surface area (Å²) in [5, 5.41) is 20.5. The summed E-state index contributed by atoms with van der Waals surface area (Å²) in [6.45, 7) is 0. The predicted octanol–water partition coefficient (Wildman–Crippen LogP) is 3.11. The third kappa shape index (κ3) is 3.22. The van der Waals surface area contributed by atoms with Gasteiger partial charge < -0.3 is 14.9 Å². The van der Waals surface area contributed by atoms with Gasteiger partial charge in [-0.1, -0.05) is 18.2 Å². The van der Waals surface area contributed by atoms with Crippen LogP contribution in [0.3, 0.4) is 0 Å². The van der Waals surface area contributed by atoms with Crippen LogP contribution < -0.4 is 4.74 Å². The second-order valence-corrected chi connectivity index (χ2v) is 5.95. The molecule has 1 aliphatic rings. The Balaban J connectivity index is 1.88. The van der Waals surface area contributed by atoms with E-state index in [2.05, 4.69) is 9.72 Å². The van der Waals surface area contributed by atoms with E-state index in [1.807, 2.05) is 0 Å². The molecule has 7 heteroatoms. The number of pyridine rings is 1. The van der Waals surface area contributed by atoms with Gasteiger partial charge in [-0.3, -0.25) is 4.98 Å². The van der Waals surface area contributed by atoms with Crippen molar-refractivity contribution in [2.45, 2.75) is 36.8 Å². The monoisotopic (exact) mass is 339 g/mol. The minimum atomic E-state index is -4.75. The Morgan fingerprint density at radius 1 is 1.12 bits per heavy atom. The van der Waals surface area contributed by atoms with Crippen LogP contribution in [0.5, 0.6) is 5.75 Å². The summed E-state index contributed by atoms with van der Waals surface area (Å²) < 4.78 is 40.6. The molecule has 0 radical (unpaired) electrons. The van der Waals surface area contributed by atoms with Gasteiger partial charge in [0.25, 0.3) is 0 Å². The highest BCUT2D eigenvalue weighted by molar-refractivity contribution is 5.37. The Hall–Kier alpha value is -2.12. The van der Waals surface area contributed by atoms with E-state index in [1.54, 1.807) is 24.4 Å². The van der Waals surface area contributed by atoms with E-state index in [1.165, 1.54) is 24.3 Å². The lowest BCUT2D eigenvalue weighted by Crippen LogP contribution is -2.49. The largest absolute Gasteiger partial charge is 0.573 e. The molecule has 1 unspecified atom stereocenters. The first-order valence-electron chi connectivity index (χ1n) is 7.43. The molecule has 1 aromatic heterocycles. The fraction of sp³-hybridized carbons (Fsp3) is 0.353. The number of halogens is 3. The van der Waals surface area contributed by atoms with Crippen molar-refractivity contribution in [1.29, 1.82) is 0 Å². The summed E-state index contributed by atoms with van der Waals surface area (Å²) in [4.78, 5) is 4.14. The molecule has 0 bridgehead atoms. The number of nitrogens with zero attached hydrogens (tertiary/aromatic N) is 1. The van der Waals surface area contributed by atoms with Crippen molar-refractivity contribution in [2.75, 3.05) is 0 Å². The Bertz CT molecular complexity index is 682. The topological polar surface area (TPSA) is 62.6 Å². The van der Waals surface area contributed by atoms with Crippen LogP contribution in [0.1, 0.15) is 30.2 Å². The first-order chi connectivity index (χ1) is 11.3. The van der Waals surface area contributed by atoms with E-state index >= 15 is 0 Å². The molecule has 1 aromatic carbocycles. The molecular weight excluding hydrogens is 323 g/mol. The SMILES string of the molecule is OC1CC(c2ccc(OC(F)(F)F)cc2)(C(O)c2ccccn2)C1. The first kappa shape index (κ1) is 16.7.